The summed E-state index contributed by atoms with van der Waals surface area (Å²) in [6, 6.07) is 39.7. The molecule has 0 radical (unpaired) electrons. The number of ether oxygens (including phenoxy) is 7. The van der Waals surface area contributed by atoms with Crippen molar-refractivity contribution in [3.05, 3.63) is 144 Å². The Morgan fingerprint density at radius 3 is 1.48 bits per heavy atom. The van der Waals surface area contributed by atoms with Crippen LogP contribution >= 0.6 is 0 Å². The van der Waals surface area contributed by atoms with Gasteiger partial charge in [-0.2, -0.15) is 0 Å². The smallest absolute Gasteiger partial charge is 0.332 e. The Kier molecular flexibility index (Phi) is 13.3. The van der Waals surface area contributed by atoms with Gasteiger partial charge in [0.15, 0.2) is 6.29 Å². The zero-order valence-electron chi connectivity index (χ0n) is 26.1. The van der Waals surface area contributed by atoms with E-state index in [4.69, 9.17) is 33.2 Å². The molecule has 5 unspecified atom stereocenters. The SMILES string of the molecule is CCOC(=O)COC1OC(COCc2ccccc2)C(OCc2ccccc2)C(OCc2ccccc2)C1OCc1ccccc1. The first-order valence-corrected chi connectivity index (χ1v) is 15.7. The molecule has 1 aliphatic rings. The molecule has 0 saturated carbocycles. The largest absolute Gasteiger partial charge is 0.464 e. The van der Waals surface area contributed by atoms with Crippen LogP contribution in [0, 0.1) is 0 Å². The van der Waals surface area contributed by atoms with E-state index >= 15 is 0 Å². The fourth-order valence-corrected chi connectivity index (χ4v) is 5.23. The van der Waals surface area contributed by atoms with Crippen LogP contribution in [0.4, 0.5) is 0 Å². The fourth-order valence-electron chi connectivity index (χ4n) is 5.23. The highest BCUT2D eigenvalue weighted by Gasteiger charge is 2.49. The average Bonchev–Trinajstić information content (AvgIpc) is 3.10. The molecule has 5 atom stereocenters. The molecule has 0 bridgehead atoms. The van der Waals surface area contributed by atoms with Crippen molar-refractivity contribution >= 4 is 5.97 Å². The van der Waals surface area contributed by atoms with Crippen LogP contribution < -0.4 is 0 Å². The molecule has 1 saturated heterocycles. The minimum absolute atomic E-state index is 0.199. The zero-order valence-corrected chi connectivity index (χ0v) is 26.1. The summed E-state index contributed by atoms with van der Waals surface area (Å²) in [5, 5.41) is 0. The van der Waals surface area contributed by atoms with E-state index in [9.17, 15) is 4.79 Å². The van der Waals surface area contributed by atoms with Gasteiger partial charge in [0.25, 0.3) is 0 Å². The molecule has 4 aromatic carbocycles. The van der Waals surface area contributed by atoms with E-state index in [1.165, 1.54) is 0 Å². The van der Waals surface area contributed by atoms with Crippen molar-refractivity contribution < 1.29 is 38.0 Å². The van der Waals surface area contributed by atoms with E-state index in [1.54, 1.807) is 6.92 Å². The molecule has 0 aromatic heterocycles. The lowest BCUT2D eigenvalue weighted by atomic mass is 9.97. The van der Waals surface area contributed by atoms with Crippen molar-refractivity contribution in [1.82, 2.24) is 0 Å². The summed E-state index contributed by atoms with van der Waals surface area (Å²) in [5.41, 5.74) is 4.02. The van der Waals surface area contributed by atoms with Gasteiger partial charge in [-0.3, -0.25) is 0 Å². The molecule has 46 heavy (non-hydrogen) atoms. The predicted molar refractivity (Wildman–Crippen MR) is 172 cm³/mol. The number of rotatable bonds is 17. The Balaban J connectivity index is 1.43. The van der Waals surface area contributed by atoms with E-state index in [-0.39, 0.29) is 26.4 Å². The van der Waals surface area contributed by atoms with Gasteiger partial charge in [-0.15, -0.1) is 0 Å². The summed E-state index contributed by atoms with van der Waals surface area (Å²) in [6.07, 6.45) is -3.54. The molecule has 0 amide bonds. The van der Waals surface area contributed by atoms with Crippen molar-refractivity contribution in [2.24, 2.45) is 0 Å². The second kappa shape index (κ2) is 18.3. The molecule has 5 rings (SSSR count). The second-order valence-electron chi connectivity index (χ2n) is 10.9. The molecule has 0 aliphatic carbocycles. The fraction of sp³-hybridized carbons (Fsp3) is 0.342. The molecule has 4 aromatic rings. The predicted octanol–water partition coefficient (Wildman–Crippen LogP) is 6.26. The van der Waals surface area contributed by atoms with Gasteiger partial charge in [-0.05, 0) is 29.2 Å². The Bertz CT molecular complexity index is 1400. The van der Waals surface area contributed by atoms with Gasteiger partial charge in [0, 0.05) is 0 Å². The standard InChI is InChI=1S/C38H42O8/c1-2-41-34(39)28-45-38-37(44-26-32-21-13-6-14-22-32)36(43-25-31-19-11-5-12-20-31)35(42-24-30-17-9-4-10-18-30)33(46-38)27-40-23-29-15-7-3-8-16-29/h3-22,33,35-38H,2,23-28H2,1H3. The molecule has 1 aliphatic heterocycles. The average molecular weight is 627 g/mol. The Hall–Kier alpha value is -3.89. The van der Waals surface area contributed by atoms with Crippen LogP contribution in [0.3, 0.4) is 0 Å². The zero-order chi connectivity index (χ0) is 31.8. The van der Waals surface area contributed by atoms with Crippen LogP contribution in [0.5, 0.6) is 0 Å². The maximum Gasteiger partial charge on any atom is 0.332 e. The van der Waals surface area contributed by atoms with Crippen LogP contribution in [0.15, 0.2) is 121 Å². The van der Waals surface area contributed by atoms with Crippen molar-refractivity contribution in [2.45, 2.75) is 64.1 Å². The second-order valence-corrected chi connectivity index (χ2v) is 10.9. The Morgan fingerprint density at radius 1 is 0.565 bits per heavy atom. The summed E-state index contributed by atoms with van der Waals surface area (Å²) in [4.78, 5) is 12.4. The molecule has 8 heteroatoms. The van der Waals surface area contributed by atoms with Crippen molar-refractivity contribution in [2.75, 3.05) is 19.8 Å². The lowest BCUT2D eigenvalue weighted by molar-refractivity contribution is -0.327. The van der Waals surface area contributed by atoms with Gasteiger partial charge in [0.05, 0.1) is 39.6 Å². The number of hydrogen-bond acceptors (Lipinski definition) is 8. The van der Waals surface area contributed by atoms with Crippen molar-refractivity contribution in [3.63, 3.8) is 0 Å². The van der Waals surface area contributed by atoms with E-state index in [2.05, 4.69) is 0 Å². The highest BCUT2D eigenvalue weighted by Crippen LogP contribution is 2.31. The van der Waals surface area contributed by atoms with Gasteiger partial charge in [0.1, 0.15) is 31.0 Å². The summed E-state index contributed by atoms with van der Waals surface area (Å²) < 4.78 is 43.8. The number of esters is 1. The number of benzene rings is 4. The van der Waals surface area contributed by atoms with Gasteiger partial charge >= 0.3 is 5.97 Å². The molecule has 0 N–H and O–H groups in total. The van der Waals surface area contributed by atoms with E-state index in [0.29, 0.717) is 19.8 Å². The number of carbonyl (C=O) groups excluding carboxylic acids is 1. The minimum atomic E-state index is -0.962. The first-order chi connectivity index (χ1) is 22.7. The van der Waals surface area contributed by atoms with Gasteiger partial charge < -0.3 is 33.2 Å². The van der Waals surface area contributed by atoms with Crippen molar-refractivity contribution in [1.29, 1.82) is 0 Å². The highest BCUT2D eigenvalue weighted by molar-refractivity contribution is 5.70. The monoisotopic (exact) mass is 626 g/mol. The normalized spacial score (nSPS) is 21.1. The van der Waals surface area contributed by atoms with Gasteiger partial charge in [-0.25, -0.2) is 4.79 Å². The lowest BCUT2D eigenvalue weighted by Gasteiger charge is -2.45. The third kappa shape index (κ3) is 10.3. The minimum Gasteiger partial charge on any atom is -0.464 e. The third-order valence-electron chi connectivity index (χ3n) is 7.51. The highest BCUT2D eigenvalue weighted by atomic mass is 16.7. The van der Waals surface area contributed by atoms with Crippen molar-refractivity contribution in [3.8, 4) is 0 Å². The summed E-state index contributed by atoms with van der Waals surface area (Å²) in [7, 11) is 0. The summed E-state index contributed by atoms with van der Waals surface area (Å²) >= 11 is 0. The third-order valence-corrected chi connectivity index (χ3v) is 7.51. The quantitative estimate of drug-likeness (QED) is 0.127. The number of hydrogen-bond donors (Lipinski definition) is 0. The molecule has 8 nitrogen and oxygen atoms in total. The van der Waals surface area contributed by atoms with Gasteiger partial charge in [-0.1, -0.05) is 121 Å². The van der Waals surface area contributed by atoms with Crippen LogP contribution in [-0.2, 0) is 64.4 Å². The van der Waals surface area contributed by atoms with Crippen LogP contribution in [0.2, 0.25) is 0 Å². The van der Waals surface area contributed by atoms with E-state index in [1.807, 2.05) is 121 Å². The van der Waals surface area contributed by atoms with Crippen LogP contribution in [0.1, 0.15) is 29.2 Å². The van der Waals surface area contributed by atoms with E-state index < -0.39 is 36.7 Å². The Morgan fingerprint density at radius 2 is 1.00 bits per heavy atom. The molecule has 0 spiro atoms. The molecule has 1 heterocycles. The maximum absolute atomic E-state index is 12.4. The molecule has 1 fully saturated rings. The first-order valence-electron chi connectivity index (χ1n) is 15.7. The lowest BCUT2D eigenvalue weighted by Crippen LogP contribution is -2.62. The molecular weight excluding hydrogens is 584 g/mol. The molecule has 242 valence electrons. The topological polar surface area (TPSA) is 81.7 Å². The summed E-state index contributed by atoms with van der Waals surface area (Å²) in [5.74, 6) is -0.492. The van der Waals surface area contributed by atoms with E-state index in [0.717, 1.165) is 22.3 Å². The maximum atomic E-state index is 12.4. The number of carbonyl (C=O) groups is 1. The van der Waals surface area contributed by atoms with Gasteiger partial charge in [0.2, 0.25) is 0 Å². The van der Waals surface area contributed by atoms with Crippen LogP contribution in [0.25, 0.3) is 0 Å². The summed E-state index contributed by atoms with van der Waals surface area (Å²) in [6.45, 7) is 3.20. The first kappa shape index (κ1) is 33.5. The van der Waals surface area contributed by atoms with Crippen LogP contribution in [-0.4, -0.2) is 56.5 Å². The molecular formula is C38H42O8. The Labute approximate surface area is 271 Å².